The van der Waals surface area contributed by atoms with Crippen LogP contribution in [0.2, 0.25) is 0 Å². The third kappa shape index (κ3) is 5.06. The molecule has 2 heteroatoms. The van der Waals surface area contributed by atoms with Crippen LogP contribution in [0.4, 0.5) is 0 Å². The van der Waals surface area contributed by atoms with Gasteiger partial charge in [0.15, 0.2) is 0 Å². The summed E-state index contributed by atoms with van der Waals surface area (Å²) in [5, 5.41) is 4.22. The molecule has 0 aliphatic heterocycles. The quantitative estimate of drug-likeness (QED) is 0.223. The molecule has 0 N–H and O–H groups in total. The van der Waals surface area contributed by atoms with E-state index in [-0.39, 0.29) is 10.8 Å². The average Bonchev–Trinajstić information content (AvgIpc) is 3.26. The van der Waals surface area contributed by atoms with Crippen molar-refractivity contribution in [3.05, 3.63) is 70.8 Å². The maximum absolute atomic E-state index is 3.27. The molecule has 40 heavy (non-hydrogen) atoms. The predicted octanol–water partition coefficient (Wildman–Crippen LogP) is 11.0. The highest BCUT2D eigenvalue weighted by atomic mass is 31.0. The fraction of sp³-hybridized carbons (Fsp3) is 0.526. The number of benzene rings is 3. The molecule has 1 nitrogen and oxygen atoms in total. The van der Waals surface area contributed by atoms with E-state index in [0.717, 1.165) is 5.92 Å². The van der Waals surface area contributed by atoms with Crippen LogP contribution in [-0.2, 0) is 10.8 Å². The summed E-state index contributed by atoms with van der Waals surface area (Å²) in [6.07, 6.45) is 13.8. The lowest BCUT2D eigenvalue weighted by Crippen LogP contribution is -2.21. The summed E-state index contributed by atoms with van der Waals surface area (Å²) in [5.41, 5.74) is 10.4. The molecule has 1 aromatic heterocycles. The van der Waals surface area contributed by atoms with Crippen molar-refractivity contribution in [2.45, 2.75) is 128 Å². The van der Waals surface area contributed by atoms with Gasteiger partial charge in [-0.2, -0.15) is 0 Å². The van der Waals surface area contributed by atoms with E-state index in [2.05, 4.69) is 104 Å². The molecule has 2 aliphatic carbocycles. The molecule has 2 aliphatic rings. The van der Waals surface area contributed by atoms with Crippen LogP contribution in [0.15, 0.2) is 48.5 Å². The first-order chi connectivity index (χ1) is 19.0. The molecule has 3 aromatic carbocycles. The number of fused-ring (bicyclic) bond motifs is 3. The monoisotopic (exact) mass is 551 g/mol. The van der Waals surface area contributed by atoms with Gasteiger partial charge in [0, 0.05) is 10.8 Å². The van der Waals surface area contributed by atoms with E-state index in [1.54, 1.807) is 11.1 Å². The van der Waals surface area contributed by atoms with Crippen LogP contribution in [0, 0.1) is 0 Å². The summed E-state index contributed by atoms with van der Waals surface area (Å²) in [7, 11) is 3.27. The first-order valence-electron chi connectivity index (χ1n) is 16.1. The number of hydrogen-bond donors (Lipinski definition) is 0. The van der Waals surface area contributed by atoms with Crippen molar-refractivity contribution in [1.29, 1.82) is 0 Å². The van der Waals surface area contributed by atoms with E-state index in [4.69, 9.17) is 0 Å². The lowest BCUT2D eigenvalue weighted by molar-refractivity contribution is 0.420. The van der Waals surface area contributed by atoms with Crippen LogP contribution < -0.4 is 5.30 Å². The second-order valence-electron chi connectivity index (χ2n) is 15.0. The minimum atomic E-state index is 0.117. The maximum atomic E-state index is 3.27. The predicted molar refractivity (Wildman–Crippen MR) is 179 cm³/mol. The highest BCUT2D eigenvalue weighted by Gasteiger charge is 2.28. The van der Waals surface area contributed by atoms with Crippen molar-refractivity contribution in [1.82, 2.24) is 4.57 Å². The molecule has 6 rings (SSSR count). The number of rotatable bonds is 3. The molecule has 2 saturated carbocycles. The summed E-state index contributed by atoms with van der Waals surface area (Å²) in [6, 6.07) is 19.5. The lowest BCUT2D eigenvalue weighted by Gasteiger charge is -2.32. The zero-order valence-corrected chi connectivity index (χ0v) is 27.0. The van der Waals surface area contributed by atoms with Gasteiger partial charge >= 0.3 is 0 Å². The van der Waals surface area contributed by atoms with Crippen molar-refractivity contribution in [2.24, 2.45) is 0 Å². The zero-order chi connectivity index (χ0) is 28.2. The molecular formula is C38H50NP. The van der Waals surface area contributed by atoms with Crippen molar-refractivity contribution in [3.63, 3.8) is 0 Å². The highest BCUT2D eigenvalue weighted by Crippen LogP contribution is 2.43. The van der Waals surface area contributed by atoms with Crippen LogP contribution >= 0.6 is 9.24 Å². The standard InChI is InChI=1S/C38H50NP/c1-37(2,3)27-17-20-32-30(23-27)31-24-28(38(4,5)6)18-21-33(31)39(32)34-22-19-29(25-13-9-7-10-14-25)35(36(34)40)26-15-11-8-12-16-26/h17-26H,7-16,40H2,1-6H3. The molecule has 0 radical (unpaired) electrons. The van der Waals surface area contributed by atoms with E-state index in [0.29, 0.717) is 5.92 Å². The molecule has 4 aromatic rings. The van der Waals surface area contributed by atoms with Crippen molar-refractivity contribution < 1.29 is 0 Å². The highest BCUT2D eigenvalue weighted by molar-refractivity contribution is 7.28. The van der Waals surface area contributed by atoms with E-state index in [9.17, 15) is 0 Å². The largest absolute Gasteiger partial charge is 0.309 e. The number of aromatic nitrogens is 1. The van der Waals surface area contributed by atoms with Gasteiger partial charge in [-0.3, -0.25) is 0 Å². The van der Waals surface area contributed by atoms with E-state index in [1.165, 1.54) is 108 Å². The van der Waals surface area contributed by atoms with Gasteiger partial charge in [-0.1, -0.05) is 98.3 Å². The van der Waals surface area contributed by atoms with Crippen molar-refractivity contribution >= 4 is 36.4 Å². The molecule has 1 heterocycles. The van der Waals surface area contributed by atoms with E-state index in [1.807, 2.05) is 0 Å². The normalized spacial score (nSPS) is 18.2. The molecule has 0 bridgehead atoms. The van der Waals surface area contributed by atoms with Crippen LogP contribution in [0.3, 0.4) is 0 Å². The van der Waals surface area contributed by atoms with E-state index >= 15 is 0 Å². The third-order valence-corrected chi connectivity index (χ3v) is 10.7. The molecule has 1 unspecified atom stereocenters. The Morgan fingerprint density at radius 2 is 1.07 bits per heavy atom. The minimum Gasteiger partial charge on any atom is -0.309 e. The topological polar surface area (TPSA) is 4.93 Å². The third-order valence-electron chi connectivity index (χ3n) is 10.1. The zero-order valence-electron chi connectivity index (χ0n) is 25.9. The van der Waals surface area contributed by atoms with Crippen LogP contribution in [0.25, 0.3) is 27.5 Å². The second kappa shape index (κ2) is 10.6. The summed E-state index contributed by atoms with van der Waals surface area (Å²) in [5.74, 6) is 1.44. The molecule has 0 amide bonds. The van der Waals surface area contributed by atoms with Gasteiger partial charge in [0.25, 0.3) is 0 Å². The molecule has 0 spiro atoms. The van der Waals surface area contributed by atoms with Crippen molar-refractivity contribution in [2.75, 3.05) is 0 Å². The smallest absolute Gasteiger partial charge is 0.0541 e. The van der Waals surface area contributed by atoms with E-state index < -0.39 is 0 Å². The molecular weight excluding hydrogens is 501 g/mol. The maximum Gasteiger partial charge on any atom is 0.0541 e. The van der Waals surface area contributed by atoms with Gasteiger partial charge in [-0.15, -0.1) is 9.24 Å². The Bertz CT molecular complexity index is 1460. The van der Waals surface area contributed by atoms with Gasteiger partial charge < -0.3 is 4.57 Å². The average molecular weight is 552 g/mol. The first-order valence-corrected chi connectivity index (χ1v) is 16.6. The van der Waals surface area contributed by atoms with Crippen LogP contribution in [-0.4, -0.2) is 4.57 Å². The van der Waals surface area contributed by atoms with Gasteiger partial charge in [0.1, 0.15) is 0 Å². The number of nitrogens with zero attached hydrogens (tertiary/aromatic N) is 1. The summed E-state index contributed by atoms with van der Waals surface area (Å²) < 4.78 is 2.59. The molecule has 212 valence electrons. The van der Waals surface area contributed by atoms with Gasteiger partial charge in [-0.25, -0.2) is 0 Å². The van der Waals surface area contributed by atoms with Crippen LogP contribution in [0.5, 0.6) is 0 Å². The van der Waals surface area contributed by atoms with Crippen LogP contribution in [0.1, 0.15) is 140 Å². The molecule has 1 atom stereocenters. The summed E-state index contributed by atoms with van der Waals surface area (Å²) in [4.78, 5) is 0. The SMILES string of the molecule is CC(C)(C)c1ccc2c(c1)c1cc(C(C)(C)C)ccc1n2-c1ccc(C2CCCCC2)c(C2CCCCC2)c1P. The van der Waals surface area contributed by atoms with Gasteiger partial charge in [0.2, 0.25) is 0 Å². The second-order valence-corrected chi connectivity index (χ2v) is 15.5. The van der Waals surface area contributed by atoms with Gasteiger partial charge in [0.05, 0.1) is 16.7 Å². The first kappa shape index (κ1) is 28.0. The van der Waals surface area contributed by atoms with Crippen molar-refractivity contribution in [3.8, 4) is 5.69 Å². The Hall–Kier alpha value is -2.11. The Kier molecular flexibility index (Phi) is 7.44. The number of hydrogen-bond acceptors (Lipinski definition) is 0. The Balaban J connectivity index is 1.62. The lowest BCUT2D eigenvalue weighted by atomic mass is 9.75. The van der Waals surface area contributed by atoms with Gasteiger partial charge in [-0.05, 0) is 106 Å². The Labute approximate surface area is 245 Å². The fourth-order valence-corrected chi connectivity index (χ4v) is 8.30. The molecule has 2 fully saturated rings. The molecule has 0 saturated heterocycles. The fourth-order valence-electron chi connectivity index (χ4n) is 7.67. The Morgan fingerprint density at radius 1 is 0.600 bits per heavy atom. The summed E-state index contributed by atoms with van der Waals surface area (Å²) in [6.45, 7) is 14.0. The summed E-state index contributed by atoms with van der Waals surface area (Å²) >= 11 is 0. The minimum absolute atomic E-state index is 0.117. The Morgan fingerprint density at radius 3 is 1.55 bits per heavy atom.